The van der Waals surface area contributed by atoms with Gasteiger partial charge in [-0.2, -0.15) is 0 Å². The number of aliphatic hydroxyl groups excluding tert-OH is 2. The maximum atomic E-state index is 9.33. The Labute approximate surface area is 70.3 Å². The Kier molecular flexibility index (Phi) is 2.50. The van der Waals surface area contributed by atoms with Crippen molar-refractivity contribution in [1.29, 1.82) is 5.41 Å². The van der Waals surface area contributed by atoms with Crippen LogP contribution in [0.4, 0.5) is 0 Å². The van der Waals surface area contributed by atoms with E-state index < -0.39 is 12.0 Å². The number of methoxy groups -OCH3 is 1. The topological polar surface area (TPSA) is 73.5 Å². The van der Waals surface area contributed by atoms with Gasteiger partial charge in [-0.3, -0.25) is 0 Å². The summed E-state index contributed by atoms with van der Waals surface area (Å²) in [6.07, 6.45) is 2.88. The van der Waals surface area contributed by atoms with E-state index >= 15 is 0 Å². The summed E-state index contributed by atoms with van der Waals surface area (Å²) in [4.78, 5) is 0. The molecule has 1 aliphatic rings. The first-order chi connectivity index (χ1) is 5.69. The zero-order valence-corrected chi connectivity index (χ0v) is 6.69. The molecule has 0 saturated carbocycles. The highest BCUT2D eigenvalue weighted by Crippen LogP contribution is 2.22. The fourth-order valence-electron chi connectivity index (χ4n) is 1.11. The van der Waals surface area contributed by atoms with Crippen LogP contribution in [-0.4, -0.2) is 29.6 Å². The first kappa shape index (κ1) is 8.80. The van der Waals surface area contributed by atoms with Crippen LogP contribution in [0.15, 0.2) is 23.7 Å². The standard InChI is InChI=1S/C8H11NO3/c1-12-8-3-5(10)2-7(11)6(8)4-9/h2-4,6-7,9-11H,1H3. The molecule has 12 heavy (non-hydrogen) atoms. The highest BCUT2D eigenvalue weighted by Gasteiger charge is 2.24. The lowest BCUT2D eigenvalue weighted by Crippen LogP contribution is -2.25. The molecule has 0 saturated heterocycles. The van der Waals surface area contributed by atoms with E-state index in [2.05, 4.69) is 0 Å². The second-order valence-electron chi connectivity index (χ2n) is 2.53. The molecule has 66 valence electrons. The van der Waals surface area contributed by atoms with E-state index in [0.717, 1.165) is 6.21 Å². The SMILES string of the molecule is COC1=CC(O)=CC(O)C1C=N. The van der Waals surface area contributed by atoms with Gasteiger partial charge < -0.3 is 20.4 Å². The molecule has 0 amide bonds. The van der Waals surface area contributed by atoms with Crippen molar-refractivity contribution in [2.45, 2.75) is 6.10 Å². The lowest BCUT2D eigenvalue weighted by Gasteiger charge is -2.21. The van der Waals surface area contributed by atoms with Gasteiger partial charge in [-0.15, -0.1) is 0 Å². The van der Waals surface area contributed by atoms with Gasteiger partial charge in [0.15, 0.2) is 0 Å². The molecule has 0 aromatic carbocycles. The van der Waals surface area contributed by atoms with Crippen LogP contribution in [0.3, 0.4) is 0 Å². The van der Waals surface area contributed by atoms with Crippen LogP contribution < -0.4 is 0 Å². The molecule has 4 heteroatoms. The smallest absolute Gasteiger partial charge is 0.117 e. The molecule has 0 fully saturated rings. The van der Waals surface area contributed by atoms with Crippen LogP contribution >= 0.6 is 0 Å². The van der Waals surface area contributed by atoms with Gasteiger partial charge in [0.25, 0.3) is 0 Å². The Bertz CT molecular complexity index is 245. The predicted molar refractivity (Wildman–Crippen MR) is 44.1 cm³/mol. The maximum Gasteiger partial charge on any atom is 0.117 e. The first-order valence-corrected chi connectivity index (χ1v) is 3.54. The molecular formula is C8H11NO3. The van der Waals surface area contributed by atoms with E-state index in [4.69, 9.17) is 15.3 Å². The minimum Gasteiger partial charge on any atom is -0.508 e. The van der Waals surface area contributed by atoms with Crippen molar-refractivity contribution in [2.24, 2.45) is 5.92 Å². The van der Waals surface area contributed by atoms with Crippen LogP contribution in [0.5, 0.6) is 0 Å². The van der Waals surface area contributed by atoms with Crippen LogP contribution in [0, 0.1) is 11.3 Å². The molecule has 0 bridgehead atoms. The van der Waals surface area contributed by atoms with Gasteiger partial charge >= 0.3 is 0 Å². The van der Waals surface area contributed by atoms with Crippen molar-refractivity contribution in [2.75, 3.05) is 7.11 Å². The fourth-order valence-corrected chi connectivity index (χ4v) is 1.11. The van der Waals surface area contributed by atoms with Crippen LogP contribution in [0.25, 0.3) is 0 Å². The van der Waals surface area contributed by atoms with Gasteiger partial charge in [0.1, 0.15) is 11.5 Å². The summed E-state index contributed by atoms with van der Waals surface area (Å²) in [6, 6.07) is 0. The number of allylic oxidation sites excluding steroid dienone is 1. The van der Waals surface area contributed by atoms with E-state index in [1.807, 2.05) is 0 Å². The van der Waals surface area contributed by atoms with Crippen LogP contribution in [-0.2, 0) is 4.74 Å². The van der Waals surface area contributed by atoms with E-state index in [0.29, 0.717) is 5.76 Å². The summed E-state index contributed by atoms with van der Waals surface area (Å²) in [7, 11) is 1.44. The third-order valence-electron chi connectivity index (χ3n) is 1.74. The lowest BCUT2D eigenvalue weighted by atomic mass is 9.96. The minimum atomic E-state index is -0.873. The third-order valence-corrected chi connectivity index (χ3v) is 1.74. The average molecular weight is 169 g/mol. The zero-order valence-electron chi connectivity index (χ0n) is 6.69. The zero-order chi connectivity index (χ0) is 9.14. The van der Waals surface area contributed by atoms with E-state index in [-0.39, 0.29) is 5.76 Å². The van der Waals surface area contributed by atoms with Gasteiger partial charge in [0.05, 0.1) is 19.1 Å². The molecule has 0 aliphatic heterocycles. The van der Waals surface area contributed by atoms with E-state index in [1.54, 1.807) is 0 Å². The molecule has 0 aromatic heterocycles. The predicted octanol–water partition coefficient (Wildman–Crippen LogP) is 0.599. The van der Waals surface area contributed by atoms with Crippen LogP contribution in [0.2, 0.25) is 0 Å². The highest BCUT2D eigenvalue weighted by atomic mass is 16.5. The van der Waals surface area contributed by atoms with Gasteiger partial charge in [-0.05, 0) is 6.08 Å². The minimum absolute atomic E-state index is 0.0301. The average Bonchev–Trinajstić information content (AvgIpc) is 2.03. The summed E-state index contributed by atoms with van der Waals surface area (Å²) >= 11 is 0. The van der Waals surface area contributed by atoms with Crippen molar-refractivity contribution < 1.29 is 14.9 Å². The second kappa shape index (κ2) is 3.40. The molecule has 4 nitrogen and oxygen atoms in total. The molecule has 0 aromatic rings. The molecular weight excluding hydrogens is 158 g/mol. The Morgan fingerprint density at radius 1 is 1.67 bits per heavy atom. The van der Waals surface area contributed by atoms with Gasteiger partial charge in [-0.25, -0.2) is 0 Å². The normalized spacial score (nSPS) is 28.8. The van der Waals surface area contributed by atoms with E-state index in [9.17, 15) is 5.11 Å². The quantitative estimate of drug-likeness (QED) is 0.530. The molecule has 0 heterocycles. The Morgan fingerprint density at radius 3 is 2.83 bits per heavy atom. The van der Waals surface area contributed by atoms with Crippen molar-refractivity contribution in [3.8, 4) is 0 Å². The number of hydrogen-bond donors (Lipinski definition) is 3. The van der Waals surface area contributed by atoms with E-state index in [1.165, 1.54) is 19.3 Å². The Morgan fingerprint density at radius 2 is 2.33 bits per heavy atom. The first-order valence-electron chi connectivity index (χ1n) is 3.54. The molecule has 2 atom stereocenters. The van der Waals surface area contributed by atoms with Crippen molar-refractivity contribution in [3.63, 3.8) is 0 Å². The Balaban J connectivity index is 2.92. The maximum absolute atomic E-state index is 9.33. The molecule has 0 spiro atoms. The van der Waals surface area contributed by atoms with Gasteiger partial charge in [0, 0.05) is 12.3 Å². The number of nitrogens with one attached hydrogen (secondary N) is 1. The second-order valence-corrected chi connectivity index (χ2v) is 2.53. The summed E-state index contributed by atoms with van der Waals surface area (Å²) < 4.78 is 4.88. The summed E-state index contributed by atoms with van der Waals surface area (Å²) in [6.45, 7) is 0. The largest absolute Gasteiger partial charge is 0.508 e. The molecule has 1 rings (SSSR count). The molecule has 1 aliphatic carbocycles. The van der Waals surface area contributed by atoms with Gasteiger partial charge in [0.2, 0.25) is 0 Å². The van der Waals surface area contributed by atoms with Crippen molar-refractivity contribution in [1.82, 2.24) is 0 Å². The molecule has 0 radical (unpaired) electrons. The van der Waals surface area contributed by atoms with Gasteiger partial charge in [-0.1, -0.05) is 0 Å². The summed E-state index contributed by atoms with van der Waals surface area (Å²) in [5.74, 6) is -0.110. The number of aliphatic hydroxyl groups is 2. The van der Waals surface area contributed by atoms with Crippen LogP contribution in [0.1, 0.15) is 0 Å². The number of ether oxygens (including phenoxy) is 1. The lowest BCUT2D eigenvalue weighted by molar-refractivity contribution is 0.148. The third kappa shape index (κ3) is 1.48. The number of hydrogen-bond acceptors (Lipinski definition) is 4. The Hall–Kier alpha value is -1.29. The summed E-state index contributed by atoms with van der Waals surface area (Å²) in [5, 5.41) is 25.4. The van der Waals surface area contributed by atoms with Crippen molar-refractivity contribution in [3.05, 3.63) is 23.7 Å². The molecule has 2 unspecified atom stereocenters. The fraction of sp³-hybridized carbons (Fsp3) is 0.375. The highest BCUT2D eigenvalue weighted by molar-refractivity contribution is 5.63. The molecule has 3 N–H and O–H groups in total. The number of rotatable bonds is 2. The summed E-state index contributed by atoms with van der Waals surface area (Å²) in [5.41, 5.74) is 0. The van der Waals surface area contributed by atoms with Crippen molar-refractivity contribution >= 4 is 6.21 Å². The monoisotopic (exact) mass is 169 g/mol.